The van der Waals surface area contributed by atoms with Gasteiger partial charge in [0.1, 0.15) is 5.56 Å². The van der Waals surface area contributed by atoms with Crippen LogP contribution in [0, 0.1) is 0 Å². The third-order valence-corrected chi connectivity index (χ3v) is 5.53. The molecular formula is C23H25N3O2S. The predicted octanol–water partition coefficient (Wildman–Crippen LogP) is 4.37. The summed E-state index contributed by atoms with van der Waals surface area (Å²) in [6.07, 6.45) is 0.847. The number of rotatable bonds is 8. The van der Waals surface area contributed by atoms with E-state index in [1.54, 1.807) is 0 Å². The van der Waals surface area contributed by atoms with Crippen LogP contribution in [0.25, 0.3) is 22.4 Å². The maximum absolute atomic E-state index is 13.1. The topological polar surface area (TPSA) is 74.8 Å². The molecular weight excluding hydrogens is 382 g/mol. The van der Waals surface area contributed by atoms with Gasteiger partial charge in [-0.25, -0.2) is 5.10 Å². The number of hydrogen-bond donors (Lipinski definition) is 2. The fraction of sp³-hybridized carbons (Fsp3) is 0.261. The van der Waals surface area contributed by atoms with Crippen LogP contribution in [0.15, 0.2) is 65.5 Å². The van der Waals surface area contributed by atoms with Crippen LogP contribution in [0.4, 0.5) is 0 Å². The van der Waals surface area contributed by atoms with Crippen molar-refractivity contribution in [2.45, 2.75) is 26.3 Å². The van der Waals surface area contributed by atoms with Crippen LogP contribution in [0.1, 0.15) is 30.6 Å². The average Bonchev–Trinajstić information content (AvgIpc) is 2.74. The lowest BCUT2D eigenvalue weighted by atomic mass is 9.95. The minimum absolute atomic E-state index is 0.0297. The van der Waals surface area contributed by atoms with E-state index in [1.807, 2.05) is 79.3 Å². The Hall–Kier alpha value is -2.86. The van der Waals surface area contributed by atoms with Crippen LogP contribution in [-0.4, -0.2) is 33.7 Å². The molecule has 0 fully saturated rings. The van der Waals surface area contributed by atoms with Crippen LogP contribution in [0.5, 0.6) is 0 Å². The number of benzene rings is 2. The van der Waals surface area contributed by atoms with Gasteiger partial charge in [-0.1, -0.05) is 67.6 Å². The summed E-state index contributed by atoms with van der Waals surface area (Å²) in [5.74, 6) is 1.63. The molecule has 0 spiro atoms. The van der Waals surface area contributed by atoms with Gasteiger partial charge < -0.3 is 5.32 Å². The van der Waals surface area contributed by atoms with Gasteiger partial charge in [0.2, 0.25) is 0 Å². The highest BCUT2D eigenvalue weighted by Crippen LogP contribution is 2.31. The van der Waals surface area contributed by atoms with Crippen molar-refractivity contribution in [1.82, 2.24) is 15.5 Å². The van der Waals surface area contributed by atoms with Crippen molar-refractivity contribution in [3.8, 4) is 22.4 Å². The zero-order chi connectivity index (χ0) is 20.6. The number of nitrogens with zero attached hydrogens (tertiary/aromatic N) is 1. The number of thioether (sulfide) groups is 1. The van der Waals surface area contributed by atoms with E-state index in [-0.39, 0.29) is 17.5 Å². The summed E-state index contributed by atoms with van der Waals surface area (Å²) in [4.78, 5) is 25.8. The second-order valence-electron chi connectivity index (χ2n) is 6.74. The molecule has 1 aromatic heterocycles. The lowest BCUT2D eigenvalue weighted by molar-refractivity contribution is 0.0938. The molecule has 29 heavy (non-hydrogen) atoms. The zero-order valence-corrected chi connectivity index (χ0v) is 17.5. The summed E-state index contributed by atoms with van der Waals surface area (Å²) in [7, 11) is 0. The highest BCUT2D eigenvalue weighted by molar-refractivity contribution is 7.99. The van der Waals surface area contributed by atoms with E-state index in [9.17, 15) is 9.59 Å². The third kappa shape index (κ3) is 5.15. The van der Waals surface area contributed by atoms with Crippen molar-refractivity contribution in [3.63, 3.8) is 0 Å². The molecule has 0 radical (unpaired) electrons. The monoisotopic (exact) mass is 407 g/mol. The maximum atomic E-state index is 13.1. The molecule has 6 heteroatoms. The Morgan fingerprint density at radius 2 is 1.69 bits per heavy atom. The van der Waals surface area contributed by atoms with Crippen molar-refractivity contribution < 1.29 is 4.79 Å². The molecule has 2 aromatic carbocycles. The molecule has 0 saturated carbocycles. The lowest BCUT2D eigenvalue weighted by Gasteiger charge is -2.17. The van der Waals surface area contributed by atoms with Gasteiger partial charge in [0, 0.05) is 17.2 Å². The van der Waals surface area contributed by atoms with Crippen molar-refractivity contribution in [3.05, 3.63) is 76.6 Å². The SMILES string of the molecule is CCSCCC(C)NC(=O)c1c(-c2ccccc2)c(-c2ccccc2)n[nH]c1=O. The number of aromatic amines is 1. The van der Waals surface area contributed by atoms with E-state index >= 15 is 0 Å². The number of carbonyl (C=O) groups is 1. The number of nitrogens with one attached hydrogen (secondary N) is 2. The number of carbonyl (C=O) groups excluding carboxylic acids is 1. The summed E-state index contributed by atoms with van der Waals surface area (Å²) in [6.45, 7) is 4.07. The highest BCUT2D eigenvalue weighted by atomic mass is 32.2. The second kappa shape index (κ2) is 10.1. The molecule has 0 saturated heterocycles. The summed E-state index contributed by atoms with van der Waals surface area (Å²) in [5.41, 5.74) is 2.36. The van der Waals surface area contributed by atoms with Crippen LogP contribution in [0.2, 0.25) is 0 Å². The number of H-pyrrole nitrogens is 1. The molecule has 1 unspecified atom stereocenters. The normalized spacial score (nSPS) is 11.8. The highest BCUT2D eigenvalue weighted by Gasteiger charge is 2.23. The molecule has 0 aliphatic carbocycles. The first-order valence-corrected chi connectivity index (χ1v) is 10.9. The first-order valence-electron chi connectivity index (χ1n) is 9.74. The number of amides is 1. The van der Waals surface area contributed by atoms with Crippen molar-refractivity contribution in [2.75, 3.05) is 11.5 Å². The van der Waals surface area contributed by atoms with Crippen LogP contribution >= 0.6 is 11.8 Å². The summed E-state index contributed by atoms with van der Waals surface area (Å²) >= 11 is 1.83. The van der Waals surface area contributed by atoms with Crippen LogP contribution < -0.4 is 10.9 Å². The molecule has 1 amide bonds. The number of aromatic nitrogens is 2. The van der Waals surface area contributed by atoms with Crippen LogP contribution in [-0.2, 0) is 0 Å². The number of hydrogen-bond acceptors (Lipinski definition) is 4. The molecule has 150 valence electrons. The van der Waals surface area contributed by atoms with E-state index in [4.69, 9.17) is 0 Å². The summed E-state index contributed by atoms with van der Waals surface area (Å²) < 4.78 is 0. The van der Waals surface area contributed by atoms with Gasteiger partial charge in [0.25, 0.3) is 11.5 Å². The fourth-order valence-corrected chi connectivity index (χ4v) is 3.94. The molecule has 0 aliphatic rings. The Morgan fingerprint density at radius 1 is 1.07 bits per heavy atom. The molecule has 3 rings (SSSR count). The molecule has 5 nitrogen and oxygen atoms in total. The van der Waals surface area contributed by atoms with Gasteiger partial charge in [-0.15, -0.1) is 0 Å². The second-order valence-corrected chi connectivity index (χ2v) is 8.14. The minimum Gasteiger partial charge on any atom is -0.349 e. The van der Waals surface area contributed by atoms with E-state index < -0.39 is 5.56 Å². The summed E-state index contributed by atoms with van der Waals surface area (Å²) in [5, 5.41) is 9.78. The van der Waals surface area contributed by atoms with Gasteiger partial charge in [-0.05, 0) is 30.4 Å². The van der Waals surface area contributed by atoms with Gasteiger partial charge in [0.15, 0.2) is 0 Å². The maximum Gasteiger partial charge on any atom is 0.277 e. The van der Waals surface area contributed by atoms with Gasteiger partial charge in [-0.2, -0.15) is 16.9 Å². The van der Waals surface area contributed by atoms with E-state index in [2.05, 4.69) is 22.4 Å². The standard InChI is InChI=1S/C23H25N3O2S/c1-3-29-15-14-16(2)24-22(27)20-19(17-10-6-4-7-11-17)21(25-26-23(20)28)18-12-8-5-9-13-18/h4-13,16H,3,14-15H2,1-2H3,(H,24,27)(H,26,28). The van der Waals surface area contributed by atoms with Gasteiger partial charge >= 0.3 is 0 Å². The lowest BCUT2D eigenvalue weighted by Crippen LogP contribution is -2.37. The fourth-order valence-electron chi connectivity index (χ4n) is 3.13. The molecule has 0 bridgehead atoms. The average molecular weight is 408 g/mol. The largest absolute Gasteiger partial charge is 0.349 e. The first kappa shape index (κ1) is 20.9. The van der Waals surface area contributed by atoms with E-state index in [1.165, 1.54) is 0 Å². The molecule has 2 N–H and O–H groups in total. The Bertz CT molecular complexity index is 1000. The van der Waals surface area contributed by atoms with Crippen molar-refractivity contribution in [2.24, 2.45) is 0 Å². The smallest absolute Gasteiger partial charge is 0.277 e. The van der Waals surface area contributed by atoms with Gasteiger partial charge in [-0.3, -0.25) is 9.59 Å². The first-order chi connectivity index (χ1) is 14.1. The minimum atomic E-state index is -0.490. The van der Waals surface area contributed by atoms with E-state index in [0.717, 1.165) is 29.1 Å². The van der Waals surface area contributed by atoms with Crippen LogP contribution in [0.3, 0.4) is 0 Å². The molecule has 1 heterocycles. The Labute approximate surface area is 175 Å². The van der Waals surface area contributed by atoms with Crippen molar-refractivity contribution >= 4 is 17.7 Å². The molecule has 3 aromatic rings. The Balaban J connectivity index is 2.06. The molecule has 0 aliphatic heterocycles. The van der Waals surface area contributed by atoms with Crippen molar-refractivity contribution in [1.29, 1.82) is 0 Å². The zero-order valence-electron chi connectivity index (χ0n) is 16.6. The van der Waals surface area contributed by atoms with Gasteiger partial charge in [0.05, 0.1) is 5.69 Å². The Kier molecular flexibility index (Phi) is 7.25. The third-order valence-electron chi connectivity index (χ3n) is 4.60. The molecule has 1 atom stereocenters. The quantitative estimate of drug-likeness (QED) is 0.544. The predicted molar refractivity (Wildman–Crippen MR) is 120 cm³/mol. The summed E-state index contributed by atoms with van der Waals surface area (Å²) in [6, 6.07) is 19.0. The van der Waals surface area contributed by atoms with E-state index in [0.29, 0.717) is 11.3 Å². The Morgan fingerprint density at radius 3 is 2.31 bits per heavy atom.